The predicted octanol–water partition coefficient (Wildman–Crippen LogP) is 6.75. The van der Waals surface area contributed by atoms with Gasteiger partial charge in [0.25, 0.3) is 0 Å². The number of fused-ring (bicyclic) bond motifs is 1. The average molecular weight is 358 g/mol. The molecule has 3 aromatic rings. The first-order valence-electron chi connectivity index (χ1n) is 8.90. The van der Waals surface area contributed by atoms with Gasteiger partial charge in [0.05, 0.1) is 5.39 Å². The number of benzene rings is 3. The van der Waals surface area contributed by atoms with Crippen LogP contribution in [0.15, 0.2) is 42.5 Å². The molecule has 0 heterocycles. The molecule has 0 radical (unpaired) electrons. The SMILES string of the molecule is CCCCCCc1ccc(-c2cc(F)c3c(F)c(O)ccc3c2)c(F)c1. The monoisotopic (exact) mass is 358 g/mol. The van der Waals surface area contributed by atoms with Gasteiger partial charge >= 0.3 is 0 Å². The average Bonchev–Trinajstić information content (AvgIpc) is 2.61. The smallest absolute Gasteiger partial charge is 0.175 e. The Morgan fingerprint density at radius 2 is 1.65 bits per heavy atom. The molecule has 1 N–H and O–H groups in total. The van der Waals surface area contributed by atoms with Gasteiger partial charge in [-0.3, -0.25) is 0 Å². The molecule has 1 nitrogen and oxygen atoms in total. The maximum absolute atomic E-state index is 14.5. The van der Waals surface area contributed by atoms with E-state index in [0.717, 1.165) is 43.4 Å². The van der Waals surface area contributed by atoms with Crippen LogP contribution in [0.5, 0.6) is 5.75 Å². The van der Waals surface area contributed by atoms with Crippen LogP contribution < -0.4 is 0 Å². The van der Waals surface area contributed by atoms with E-state index in [-0.39, 0.29) is 16.3 Å². The lowest BCUT2D eigenvalue weighted by Crippen LogP contribution is -1.93. The van der Waals surface area contributed by atoms with Crippen molar-refractivity contribution in [2.45, 2.75) is 39.0 Å². The van der Waals surface area contributed by atoms with E-state index in [0.29, 0.717) is 5.56 Å². The summed E-state index contributed by atoms with van der Waals surface area (Å²) in [5, 5.41) is 9.39. The van der Waals surface area contributed by atoms with E-state index in [2.05, 4.69) is 6.92 Å². The minimum atomic E-state index is -1.01. The van der Waals surface area contributed by atoms with Gasteiger partial charge < -0.3 is 5.11 Å². The third-order valence-corrected chi connectivity index (χ3v) is 4.65. The summed E-state index contributed by atoms with van der Waals surface area (Å²) in [5.74, 6) is -2.86. The number of halogens is 3. The lowest BCUT2D eigenvalue weighted by atomic mass is 9.97. The molecule has 0 aromatic heterocycles. The van der Waals surface area contributed by atoms with Crippen LogP contribution in [0.1, 0.15) is 38.2 Å². The van der Waals surface area contributed by atoms with Gasteiger partial charge in [-0.1, -0.05) is 44.4 Å². The summed E-state index contributed by atoms with van der Waals surface area (Å²) < 4.78 is 42.8. The number of phenolic OH excluding ortho intramolecular Hbond substituents is 1. The van der Waals surface area contributed by atoms with Gasteiger partial charge in [-0.05, 0) is 53.6 Å². The Bertz CT molecular complexity index is 934. The highest BCUT2D eigenvalue weighted by molar-refractivity contribution is 5.89. The highest BCUT2D eigenvalue weighted by atomic mass is 19.1. The Hall–Kier alpha value is -2.49. The summed E-state index contributed by atoms with van der Waals surface area (Å²) in [4.78, 5) is 0. The van der Waals surface area contributed by atoms with Crippen molar-refractivity contribution in [1.82, 2.24) is 0 Å². The van der Waals surface area contributed by atoms with Crippen LogP contribution in [0.25, 0.3) is 21.9 Å². The summed E-state index contributed by atoms with van der Waals surface area (Å²) >= 11 is 0. The Balaban J connectivity index is 1.93. The lowest BCUT2D eigenvalue weighted by molar-refractivity contribution is 0.435. The van der Waals surface area contributed by atoms with Crippen molar-refractivity contribution < 1.29 is 18.3 Å². The van der Waals surface area contributed by atoms with Crippen molar-refractivity contribution in [3.8, 4) is 16.9 Å². The van der Waals surface area contributed by atoms with Gasteiger partial charge in [0.15, 0.2) is 11.6 Å². The van der Waals surface area contributed by atoms with Crippen LogP contribution in [0.2, 0.25) is 0 Å². The van der Waals surface area contributed by atoms with E-state index in [1.54, 1.807) is 6.07 Å². The quantitative estimate of drug-likeness (QED) is 0.483. The number of aromatic hydroxyl groups is 1. The van der Waals surface area contributed by atoms with Crippen LogP contribution in [-0.2, 0) is 6.42 Å². The predicted molar refractivity (Wildman–Crippen MR) is 98.8 cm³/mol. The molecule has 3 aromatic carbocycles. The van der Waals surface area contributed by atoms with Gasteiger partial charge in [-0.2, -0.15) is 0 Å². The molecule has 0 saturated carbocycles. The summed E-state index contributed by atoms with van der Waals surface area (Å²) in [5.41, 5.74) is 1.53. The summed E-state index contributed by atoms with van der Waals surface area (Å²) in [7, 11) is 0. The molecule has 4 heteroatoms. The van der Waals surface area contributed by atoms with Crippen molar-refractivity contribution in [3.05, 3.63) is 65.5 Å². The Labute approximate surface area is 151 Å². The maximum atomic E-state index is 14.5. The normalized spacial score (nSPS) is 11.2. The van der Waals surface area contributed by atoms with E-state index in [1.165, 1.54) is 24.6 Å². The Morgan fingerprint density at radius 3 is 2.38 bits per heavy atom. The van der Waals surface area contributed by atoms with Crippen LogP contribution in [0.3, 0.4) is 0 Å². The molecule has 0 aliphatic heterocycles. The number of phenols is 1. The number of rotatable bonds is 6. The standard InChI is InChI=1S/C22H21F3O/c1-2-3-4-5-6-14-7-9-17(18(23)11-14)16-12-15-8-10-20(26)22(25)21(15)19(24)13-16/h7-13,26H,2-6H2,1H3. The summed E-state index contributed by atoms with van der Waals surface area (Å²) in [6.07, 6.45) is 5.27. The zero-order valence-corrected chi connectivity index (χ0v) is 14.7. The molecule has 0 fully saturated rings. The molecule has 0 amide bonds. The largest absolute Gasteiger partial charge is 0.505 e. The highest BCUT2D eigenvalue weighted by Crippen LogP contribution is 2.33. The molecule has 0 atom stereocenters. The first-order valence-corrected chi connectivity index (χ1v) is 8.90. The minimum Gasteiger partial charge on any atom is -0.505 e. The molecule has 0 saturated heterocycles. The van der Waals surface area contributed by atoms with Crippen molar-refractivity contribution in [2.24, 2.45) is 0 Å². The van der Waals surface area contributed by atoms with Crippen molar-refractivity contribution >= 4 is 10.8 Å². The van der Waals surface area contributed by atoms with Gasteiger partial charge in [-0.15, -0.1) is 0 Å². The van der Waals surface area contributed by atoms with Crippen molar-refractivity contribution in [3.63, 3.8) is 0 Å². The number of unbranched alkanes of at least 4 members (excludes halogenated alkanes) is 3. The fraction of sp³-hybridized carbons (Fsp3) is 0.273. The lowest BCUT2D eigenvalue weighted by Gasteiger charge is -2.10. The second-order valence-electron chi connectivity index (χ2n) is 6.58. The van der Waals surface area contributed by atoms with Crippen LogP contribution in [0, 0.1) is 17.5 Å². The second-order valence-corrected chi connectivity index (χ2v) is 6.58. The number of hydrogen-bond donors (Lipinski definition) is 1. The first kappa shape index (κ1) is 18.3. The van der Waals surface area contributed by atoms with E-state index in [1.807, 2.05) is 6.07 Å². The first-order chi connectivity index (χ1) is 12.5. The summed E-state index contributed by atoms with van der Waals surface area (Å²) in [6.45, 7) is 2.14. The zero-order valence-electron chi connectivity index (χ0n) is 14.7. The fourth-order valence-electron chi connectivity index (χ4n) is 3.22. The van der Waals surface area contributed by atoms with Gasteiger partial charge in [-0.25, -0.2) is 13.2 Å². The minimum absolute atomic E-state index is 0.275. The molecular weight excluding hydrogens is 337 g/mol. The fourth-order valence-corrected chi connectivity index (χ4v) is 3.22. The second kappa shape index (κ2) is 7.81. The van der Waals surface area contributed by atoms with E-state index < -0.39 is 23.2 Å². The van der Waals surface area contributed by atoms with Crippen LogP contribution in [0.4, 0.5) is 13.2 Å². The third-order valence-electron chi connectivity index (χ3n) is 4.65. The molecule has 0 aliphatic carbocycles. The molecule has 3 rings (SSSR count). The molecule has 0 spiro atoms. The Morgan fingerprint density at radius 1 is 0.846 bits per heavy atom. The number of hydrogen-bond acceptors (Lipinski definition) is 1. The maximum Gasteiger partial charge on any atom is 0.175 e. The van der Waals surface area contributed by atoms with Crippen molar-refractivity contribution in [1.29, 1.82) is 0 Å². The van der Waals surface area contributed by atoms with E-state index >= 15 is 0 Å². The van der Waals surface area contributed by atoms with Crippen molar-refractivity contribution in [2.75, 3.05) is 0 Å². The Kier molecular flexibility index (Phi) is 5.50. The zero-order chi connectivity index (χ0) is 18.7. The highest BCUT2D eigenvalue weighted by Gasteiger charge is 2.15. The van der Waals surface area contributed by atoms with Gasteiger partial charge in [0.2, 0.25) is 0 Å². The van der Waals surface area contributed by atoms with E-state index in [4.69, 9.17) is 0 Å². The molecule has 26 heavy (non-hydrogen) atoms. The molecule has 0 unspecified atom stereocenters. The van der Waals surface area contributed by atoms with Gasteiger partial charge in [0, 0.05) is 5.56 Å². The molecular formula is C22H21F3O. The van der Waals surface area contributed by atoms with Crippen LogP contribution in [-0.4, -0.2) is 5.11 Å². The molecule has 0 bridgehead atoms. The van der Waals surface area contributed by atoms with Gasteiger partial charge in [0.1, 0.15) is 11.6 Å². The number of aryl methyl sites for hydroxylation is 1. The molecule has 0 aliphatic rings. The molecule has 136 valence electrons. The van der Waals surface area contributed by atoms with E-state index in [9.17, 15) is 18.3 Å². The van der Waals surface area contributed by atoms with Crippen LogP contribution >= 0.6 is 0 Å². The summed E-state index contributed by atoms with van der Waals surface area (Å²) in [6, 6.07) is 10.2. The topological polar surface area (TPSA) is 20.2 Å². The third kappa shape index (κ3) is 3.69.